The molecule has 1 heterocycles. The SMILES string of the molecule is CCOCCCN1C(=O)C(Nc2ccc(C(C)C)cc2)=C(c2ccc(OC)c(OC)c2)C1=O. The Morgan fingerprint density at radius 1 is 0.939 bits per heavy atom. The third kappa shape index (κ3) is 5.37. The Bertz CT molecular complexity index is 1030. The molecule has 2 aromatic rings. The lowest BCUT2D eigenvalue weighted by Gasteiger charge is -2.15. The summed E-state index contributed by atoms with van der Waals surface area (Å²) < 4.78 is 16.1. The number of nitrogens with zero attached hydrogens (tertiary/aromatic N) is 1. The molecule has 3 rings (SSSR count). The summed E-state index contributed by atoms with van der Waals surface area (Å²) in [5, 5.41) is 3.20. The highest BCUT2D eigenvalue weighted by molar-refractivity contribution is 6.36. The molecule has 0 radical (unpaired) electrons. The van der Waals surface area contributed by atoms with E-state index in [1.165, 1.54) is 17.6 Å². The summed E-state index contributed by atoms with van der Waals surface area (Å²) in [6.45, 7) is 7.52. The molecular weight excluding hydrogens is 420 g/mol. The molecule has 1 aliphatic rings. The van der Waals surface area contributed by atoms with E-state index in [1.807, 2.05) is 31.2 Å². The van der Waals surface area contributed by atoms with E-state index >= 15 is 0 Å². The van der Waals surface area contributed by atoms with Gasteiger partial charge in [-0.05, 0) is 54.7 Å². The molecule has 2 amide bonds. The minimum Gasteiger partial charge on any atom is -0.493 e. The molecule has 0 bridgehead atoms. The molecule has 33 heavy (non-hydrogen) atoms. The average molecular weight is 453 g/mol. The average Bonchev–Trinajstić information content (AvgIpc) is 3.05. The maximum Gasteiger partial charge on any atom is 0.278 e. The van der Waals surface area contributed by atoms with Gasteiger partial charge in [-0.1, -0.05) is 32.0 Å². The van der Waals surface area contributed by atoms with Gasteiger partial charge in [-0.25, -0.2) is 0 Å². The van der Waals surface area contributed by atoms with Crippen LogP contribution in [0.3, 0.4) is 0 Å². The van der Waals surface area contributed by atoms with Crippen molar-refractivity contribution in [3.63, 3.8) is 0 Å². The quantitative estimate of drug-likeness (QED) is 0.401. The summed E-state index contributed by atoms with van der Waals surface area (Å²) in [7, 11) is 3.09. The first-order chi connectivity index (χ1) is 15.9. The minimum atomic E-state index is -0.353. The Morgan fingerprint density at radius 2 is 1.64 bits per heavy atom. The van der Waals surface area contributed by atoms with Crippen LogP contribution in [0.2, 0.25) is 0 Å². The largest absolute Gasteiger partial charge is 0.493 e. The van der Waals surface area contributed by atoms with Crippen LogP contribution in [0.15, 0.2) is 48.2 Å². The molecule has 0 spiro atoms. The molecule has 0 aliphatic carbocycles. The van der Waals surface area contributed by atoms with Crippen LogP contribution in [0.5, 0.6) is 11.5 Å². The Morgan fingerprint density at radius 3 is 2.24 bits per heavy atom. The van der Waals surface area contributed by atoms with Gasteiger partial charge in [0.15, 0.2) is 11.5 Å². The molecule has 0 saturated carbocycles. The number of anilines is 1. The number of carbonyl (C=O) groups excluding carboxylic acids is 2. The van der Waals surface area contributed by atoms with Gasteiger partial charge in [-0.3, -0.25) is 14.5 Å². The number of imide groups is 1. The fraction of sp³-hybridized carbons (Fsp3) is 0.385. The smallest absolute Gasteiger partial charge is 0.278 e. The van der Waals surface area contributed by atoms with Gasteiger partial charge >= 0.3 is 0 Å². The molecule has 176 valence electrons. The van der Waals surface area contributed by atoms with E-state index in [0.717, 1.165) is 5.69 Å². The highest BCUT2D eigenvalue weighted by atomic mass is 16.5. The van der Waals surface area contributed by atoms with E-state index in [2.05, 4.69) is 19.2 Å². The number of rotatable bonds is 11. The number of carbonyl (C=O) groups is 2. The third-order valence-electron chi connectivity index (χ3n) is 5.56. The van der Waals surface area contributed by atoms with Gasteiger partial charge in [0.2, 0.25) is 0 Å². The first-order valence-corrected chi connectivity index (χ1v) is 11.2. The van der Waals surface area contributed by atoms with Crippen LogP contribution in [0.1, 0.15) is 44.2 Å². The van der Waals surface area contributed by atoms with E-state index < -0.39 is 0 Å². The number of benzene rings is 2. The molecule has 2 aromatic carbocycles. The summed E-state index contributed by atoms with van der Waals surface area (Å²) in [6, 6.07) is 13.1. The zero-order valence-corrected chi connectivity index (χ0v) is 19.9. The maximum absolute atomic E-state index is 13.4. The Hall–Kier alpha value is -3.32. The summed E-state index contributed by atoms with van der Waals surface area (Å²) in [4.78, 5) is 28.0. The Kier molecular flexibility index (Phi) is 8.11. The van der Waals surface area contributed by atoms with Crippen molar-refractivity contribution >= 4 is 23.1 Å². The number of ether oxygens (including phenoxy) is 3. The standard InChI is InChI=1S/C26H32N2O5/c1-6-33-15-7-14-28-25(29)23(19-10-13-21(31-4)22(16-19)32-5)24(26(28)30)27-20-11-8-18(9-12-20)17(2)3/h8-13,16-17,27H,6-7,14-15H2,1-5H3. The highest BCUT2D eigenvalue weighted by Gasteiger charge is 2.39. The zero-order valence-electron chi connectivity index (χ0n) is 19.9. The van der Waals surface area contributed by atoms with Crippen LogP contribution in [0.25, 0.3) is 5.57 Å². The van der Waals surface area contributed by atoms with Gasteiger partial charge in [-0.2, -0.15) is 0 Å². The second kappa shape index (κ2) is 11.0. The van der Waals surface area contributed by atoms with E-state index in [0.29, 0.717) is 48.2 Å². The van der Waals surface area contributed by atoms with Crippen molar-refractivity contribution in [1.82, 2.24) is 4.90 Å². The van der Waals surface area contributed by atoms with Crippen LogP contribution in [-0.2, 0) is 14.3 Å². The van der Waals surface area contributed by atoms with Gasteiger partial charge in [0.25, 0.3) is 11.8 Å². The summed E-state index contributed by atoms with van der Waals surface area (Å²) >= 11 is 0. The molecule has 1 N–H and O–H groups in total. The molecule has 0 saturated heterocycles. The molecule has 0 aromatic heterocycles. The van der Waals surface area contributed by atoms with Crippen LogP contribution in [0, 0.1) is 0 Å². The van der Waals surface area contributed by atoms with Crippen molar-refractivity contribution in [2.45, 2.75) is 33.1 Å². The predicted octanol–water partition coefficient (Wildman–Crippen LogP) is 4.45. The Labute approximate surface area is 195 Å². The molecule has 0 fully saturated rings. The monoisotopic (exact) mass is 452 g/mol. The summed E-state index contributed by atoms with van der Waals surface area (Å²) in [6.07, 6.45) is 0.570. The first-order valence-electron chi connectivity index (χ1n) is 11.2. The van der Waals surface area contributed by atoms with Gasteiger partial charge in [0.05, 0.1) is 19.8 Å². The Balaban J connectivity index is 1.98. The fourth-order valence-electron chi connectivity index (χ4n) is 3.72. The van der Waals surface area contributed by atoms with Gasteiger partial charge in [0.1, 0.15) is 5.70 Å². The molecular formula is C26H32N2O5. The van der Waals surface area contributed by atoms with Crippen molar-refractivity contribution in [2.24, 2.45) is 0 Å². The topological polar surface area (TPSA) is 77.1 Å². The molecule has 0 atom stereocenters. The lowest BCUT2D eigenvalue weighted by Crippen LogP contribution is -2.34. The lowest BCUT2D eigenvalue weighted by molar-refractivity contribution is -0.137. The van der Waals surface area contributed by atoms with E-state index in [9.17, 15) is 9.59 Å². The van der Waals surface area contributed by atoms with Crippen molar-refractivity contribution in [2.75, 3.05) is 39.3 Å². The number of hydrogen-bond acceptors (Lipinski definition) is 6. The van der Waals surface area contributed by atoms with Gasteiger partial charge in [0, 0.05) is 25.4 Å². The van der Waals surface area contributed by atoms with Crippen molar-refractivity contribution in [3.05, 3.63) is 59.3 Å². The van der Waals surface area contributed by atoms with E-state index in [-0.39, 0.29) is 24.1 Å². The molecule has 7 nitrogen and oxygen atoms in total. The zero-order chi connectivity index (χ0) is 24.0. The molecule has 7 heteroatoms. The predicted molar refractivity (Wildman–Crippen MR) is 128 cm³/mol. The van der Waals surface area contributed by atoms with E-state index in [4.69, 9.17) is 14.2 Å². The second-order valence-corrected chi connectivity index (χ2v) is 8.03. The lowest BCUT2D eigenvalue weighted by atomic mass is 10.0. The summed E-state index contributed by atoms with van der Waals surface area (Å²) in [5.74, 6) is 0.736. The maximum atomic E-state index is 13.4. The van der Waals surface area contributed by atoms with Crippen molar-refractivity contribution < 1.29 is 23.8 Å². The normalized spacial score (nSPS) is 13.8. The van der Waals surface area contributed by atoms with Crippen LogP contribution >= 0.6 is 0 Å². The number of amides is 2. The minimum absolute atomic E-state index is 0.251. The highest BCUT2D eigenvalue weighted by Crippen LogP contribution is 2.35. The second-order valence-electron chi connectivity index (χ2n) is 8.03. The van der Waals surface area contributed by atoms with Gasteiger partial charge in [-0.15, -0.1) is 0 Å². The van der Waals surface area contributed by atoms with Gasteiger partial charge < -0.3 is 19.5 Å². The first kappa shape index (κ1) is 24.3. The third-order valence-corrected chi connectivity index (χ3v) is 5.56. The fourth-order valence-corrected chi connectivity index (χ4v) is 3.72. The number of methoxy groups -OCH3 is 2. The number of nitrogens with one attached hydrogen (secondary N) is 1. The number of hydrogen-bond donors (Lipinski definition) is 1. The molecule has 0 unspecified atom stereocenters. The van der Waals surface area contributed by atoms with Crippen molar-refractivity contribution in [1.29, 1.82) is 0 Å². The van der Waals surface area contributed by atoms with Crippen LogP contribution in [-0.4, -0.2) is 50.7 Å². The van der Waals surface area contributed by atoms with Crippen LogP contribution in [0.4, 0.5) is 5.69 Å². The van der Waals surface area contributed by atoms with E-state index in [1.54, 1.807) is 25.3 Å². The van der Waals surface area contributed by atoms with Crippen LogP contribution < -0.4 is 14.8 Å². The molecule has 1 aliphatic heterocycles. The summed E-state index contributed by atoms with van der Waals surface area (Å²) in [5.41, 5.74) is 3.08. The van der Waals surface area contributed by atoms with Crippen molar-refractivity contribution in [3.8, 4) is 11.5 Å².